The summed E-state index contributed by atoms with van der Waals surface area (Å²) in [4.78, 5) is 39.8. The number of carbonyl (C=O) groups is 2. The van der Waals surface area contributed by atoms with Crippen LogP contribution in [0.1, 0.15) is 70.2 Å². The molecule has 3 fully saturated rings. The number of ether oxygens (including phenoxy) is 1. The molecule has 2 unspecified atom stereocenters. The van der Waals surface area contributed by atoms with E-state index in [9.17, 15) is 24.6 Å². The first-order valence-electron chi connectivity index (χ1n) is 12.8. The Morgan fingerprint density at radius 3 is 2.66 bits per heavy atom. The first-order valence-corrected chi connectivity index (χ1v) is 12.8. The molecule has 0 aromatic carbocycles. The maximum Gasteiger partial charge on any atom is 0.344 e. The van der Waals surface area contributed by atoms with Crippen LogP contribution < -0.4 is 5.56 Å². The van der Waals surface area contributed by atoms with Crippen LogP contribution in [0.3, 0.4) is 0 Å². The number of pyridine rings is 1. The molecule has 3 aliphatic carbocycles. The lowest BCUT2D eigenvalue weighted by atomic mass is 9.44. The number of Topliss-reactive ketones (excluding diaryl/α,β-unsaturated/α-hetero) is 1. The lowest BCUT2D eigenvalue weighted by Crippen LogP contribution is -2.63. The number of aliphatic hydroxyl groups is 2. The van der Waals surface area contributed by atoms with E-state index in [1.807, 2.05) is 6.92 Å². The van der Waals surface area contributed by atoms with Crippen LogP contribution in [0.4, 0.5) is 0 Å². The van der Waals surface area contributed by atoms with Crippen molar-refractivity contribution in [2.24, 2.45) is 34.0 Å². The van der Waals surface area contributed by atoms with Gasteiger partial charge in [0.2, 0.25) is 0 Å². The summed E-state index contributed by atoms with van der Waals surface area (Å²) >= 11 is 0. The van der Waals surface area contributed by atoms with E-state index in [2.05, 4.69) is 27.4 Å². The molecule has 2 N–H and O–H groups in total. The summed E-state index contributed by atoms with van der Waals surface area (Å²) in [5.41, 5.74) is -2.36. The monoisotopic (exact) mass is 485 g/mol. The smallest absolute Gasteiger partial charge is 0.344 e. The van der Waals surface area contributed by atoms with E-state index in [0.717, 1.165) is 19.3 Å². The van der Waals surface area contributed by atoms with Crippen molar-refractivity contribution >= 4 is 11.8 Å². The van der Waals surface area contributed by atoms with Gasteiger partial charge in [0.05, 0.1) is 12.7 Å². The quantitative estimate of drug-likeness (QED) is 0.489. The summed E-state index contributed by atoms with van der Waals surface area (Å²) in [5.74, 6) is -0.871. The van der Waals surface area contributed by atoms with Gasteiger partial charge in [-0.25, -0.2) is 4.79 Å². The van der Waals surface area contributed by atoms with Crippen LogP contribution >= 0.6 is 0 Å². The molecule has 1 aromatic heterocycles. The molecule has 8 atom stereocenters. The Balaban J connectivity index is 1.83. The molecule has 0 spiro atoms. The zero-order valence-corrected chi connectivity index (χ0v) is 21.3. The van der Waals surface area contributed by atoms with E-state index in [-0.39, 0.29) is 47.7 Å². The Morgan fingerprint density at radius 1 is 1.29 bits per heavy atom. The molecule has 7 heteroatoms. The van der Waals surface area contributed by atoms with Gasteiger partial charge in [0, 0.05) is 35.9 Å². The number of aliphatic hydroxyl groups excluding tert-OH is 2. The molecule has 1 heterocycles. The van der Waals surface area contributed by atoms with Crippen LogP contribution in [-0.2, 0) is 16.1 Å². The molecule has 3 aliphatic rings. The Labute approximate surface area is 207 Å². The molecule has 7 nitrogen and oxygen atoms in total. The van der Waals surface area contributed by atoms with E-state index >= 15 is 0 Å². The average Bonchev–Trinajstić information content (AvgIpc) is 3.19. The highest BCUT2D eigenvalue weighted by Gasteiger charge is 2.68. The molecule has 3 saturated carbocycles. The SMILES string of the molecule is C=C[C@]1(C)C[C@@H](OC(=O)c2cccn(CCO)c2=O)[C@]2(C)C(C)CC[C@]3(CCC(=O)C32)[C@@H](C)[C@@H]1O. The fourth-order valence-electron chi connectivity index (χ4n) is 7.67. The van der Waals surface area contributed by atoms with Crippen LogP contribution in [0.5, 0.6) is 0 Å². The molecule has 192 valence electrons. The standard InChI is InChI=1S/C28H39NO6/c1-6-26(4)16-21(35-25(34)19-8-7-13-29(14-15-30)24(19)33)27(5)17(2)9-11-28(18(3)23(26)32)12-10-20(31)22(27)28/h6-8,13,17-18,21-23,30,32H,1,9-12,14-16H2,2-5H3/t17?,18-,21+,22?,23-,26+,27-,28-/m0/s1. The topological polar surface area (TPSA) is 106 Å². The normalized spacial score (nSPS) is 41.0. The number of rotatable bonds is 5. The Bertz CT molecular complexity index is 1080. The van der Waals surface area contributed by atoms with Gasteiger partial charge in [0.1, 0.15) is 17.5 Å². The van der Waals surface area contributed by atoms with Crippen LogP contribution in [-0.4, -0.2) is 45.3 Å². The van der Waals surface area contributed by atoms with Crippen LogP contribution in [0.25, 0.3) is 0 Å². The predicted molar refractivity (Wildman–Crippen MR) is 132 cm³/mol. The van der Waals surface area contributed by atoms with Crippen LogP contribution in [0, 0.1) is 34.0 Å². The molecule has 35 heavy (non-hydrogen) atoms. The largest absolute Gasteiger partial charge is 0.458 e. The molecule has 0 radical (unpaired) electrons. The third kappa shape index (κ3) is 3.73. The Hall–Kier alpha value is -2.25. The van der Waals surface area contributed by atoms with Crippen molar-refractivity contribution in [3.63, 3.8) is 0 Å². The molecular weight excluding hydrogens is 446 g/mol. The van der Waals surface area contributed by atoms with Crippen molar-refractivity contribution in [1.82, 2.24) is 4.57 Å². The zero-order valence-electron chi connectivity index (χ0n) is 21.3. The van der Waals surface area contributed by atoms with Gasteiger partial charge < -0.3 is 19.5 Å². The number of aromatic nitrogens is 1. The van der Waals surface area contributed by atoms with Gasteiger partial charge in [-0.1, -0.05) is 33.8 Å². The van der Waals surface area contributed by atoms with Gasteiger partial charge in [-0.05, 0) is 55.1 Å². The summed E-state index contributed by atoms with van der Waals surface area (Å²) in [6.07, 6.45) is 5.10. The number of hydrogen-bond donors (Lipinski definition) is 2. The summed E-state index contributed by atoms with van der Waals surface area (Å²) in [6, 6.07) is 3.02. The number of esters is 1. The minimum absolute atomic E-state index is 0.0792. The second-order valence-corrected chi connectivity index (χ2v) is 11.6. The van der Waals surface area contributed by atoms with Crippen molar-refractivity contribution in [2.75, 3.05) is 6.61 Å². The van der Waals surface area contributed by atoms with E-state index in [0.29, 0.717) is 12.8 Å². The van der Waals surface area contributed by atoms with Crippen molar-refractivity contribution in [2.45, 2.75) is 78.6 Å². The third-order valence-corrected chi connectivity index (χ3v) is 10.1. The van der Waals surface area contributed by atoms with E-state index < -0.39 is 34.6 Å². The van der Waals surface area contributed by atoms with Crippen molar-refractivity contribution in [3.8, 4) is 0 Å². The van der Waals surface area contributed by atoms with Gasteiger partial charge >= 0.3 is 5.97 Å². The second-order valence-electron chi connectivity index (χ2n) is 11.6. The highest BCUT2D eigenvalue weighted by molar-refractivity contribution is 5.89. The summed E-state index contributed by atoms with van der Waals surface area (Å²) in [7, 11) is 0. The number of carbonyl (C=O) groups excluding carboxylic acids is 2. The van der Waals surface area contributed by atoms with Crippen LogP contribution in [0.15, 0.2) is 35.8 Å². The zero-order chi connectivity index (χ0) is 25.8. The lowest BCUT2D eigenvalue weighted by molar-refractivity contribution is -0.192. The predicted octanol–water partition coefficient (Wildman–Crippen LogP) is 3.36. The minimum atomic E-state index is -0.744. The number of ketones is 1. The maximum absolute atomic E-state index is 13.5. The van der Waals surface area contributed by atoms with E-state index in [1.54, 1.807) is 12.1 Å². The lowest BCUT2D eigenvalue weighted by Gasteiger charge is -2.61. The molecule has 0 aliphatic heterocycles. The first kappa shape index (κ1) is 25.8. The Kier molecular flexibility index (Phi) is 6.64. The highest BCUT2D eigenvalue weighted by Crippen LogP contribution is 2.68. The molecule has 0 amide bonds. The van der Waals surface area contributed by atoms with Gasteiger partial charge in [-0.2, -0.15) is 0 Å². The molecule has 2 bridgehead atoms. The van der Waals surface area contributed by atoms with Gasteiger partial charge in [-0.3, -0.25) is 9.59 Å². The minimum Gasteiger partial charge on any atom is -0.458 e. The summed E-state index contributed by atoms with van der Waals surface area (Å²) in [5, 5.41) is 20.9. The highest BCUT2D eigenvalue weighted by atomic mass is 16.5. The van der Waals surface area contributed by atoms with E-state index in [4.69, 9.17) is 4.74 Å². The summed E-state index contributed by atoms with van der Waals surface area (Å²) in [6.45, 7) is 12.1. The van der Waals surface area contributed by atoms with E-state index in [1.165, 1.54) is 16.8 Å². The molecule has 1 aromatic rings. The molecular formula is C28H39NO6. The third-order valence-electron chi connectivity index (χ3n) is 10.1. The molecule has 0 saturated heterocycles. The number of hydrogen-bond acceptors (Lipinski definition) is 6. The first-order chi connectivity index (χ1) is 16.5. The summed E-state index contributed by atoms with van der Waals surface area (Å²) < 4.78 is 7.48. The van der Waals surface area contributed by atoms with Crippen molar-refractivity contribution < 1.29 is 24.5 Å². The molecule has 4 rings (SSSR count). The average molecular weight is 486 g/mol. The second kappa shape index (κ2) is 9.00. The van der Waals surface area contributed by atoms with Crippen molar-refractivity contribution in [3.05, 3.63) is 46.9 Å². The fourth-order valence-corrected chi connectivity index (χ4v) is 7.67. The fraction of sp³-hybridized carbons (Fsp3) is 0.679. The number of nitrogens with zero attached hydrogens (tertiary/aromatic N) is 1. The van der Waals surface area contributed by atoms with Crippen LogP contribution in [0.2, 0.25) is 0 Å². The van der Waals surface area contributed by atoms with Gasteiger partial charge in [0.25, 0.3) is 5.56 Å². The maximum atomic E-state index is 13.5. The van der Waals surface area contributed by atoms with Crippen molar-refractivity contribution in [1.29, 1.82) is 0 Å². The van der Waals surface area contributed by atoms with Gasteiger partial charge in [-0.15, -0.1) is 6.58 Å². The Morgan fingerprint density at radius 2 is 2.00 bits per heavy atom. The van der Waals surface area contributed by atoms with Gasteiger partial charge in [0.15, 0.2) is 0 Å².